The zero-order chi connectivity index (χ0) is 14.7. The Balaban J connectivity index is 2.20. The number of methoxy groups -OCH3 is 1. The van der Waals surface area contributed by atoms with Gasteiger partial charge in [-0.05, 0) is 32.0 Å². The summed E-state index contributed by atoms with van der Waals surface area (Å²) in [6.07, 6.45) is 0. The van der Waals surface area contributed by atoms with E-state index in [-0.39, 0.29) is 5.91 Å². The maximum absolute atomic E-state index is 12.1. The van der Waals surface area contributed by atoms with Crippen LogP contribution in [0.5, 0.6) is 0 Å². The van der Waals surface area contributed by atoms with Crippen molar-refractivity contribution in [2.45, 2.75) is 13.8 Å². The van der Waals surface area contributed by atoms with Crippen LogP contribution in [-0.4, -0.2) is 24.0 Å². The van der Waals surface area contributed by atoms with E-state index in [1.54, 1.807) is 24.3 Å². The molecule has 1 N–H and O–H groups in total. The number of esters is 1. The van der Waals surface area contributed by atoms with Crippen LogP contribution >= 0.6 is 11.3 Å². The van der Waals surface area contributed by atoms with Crippen molar-refractivity contribution in [3.05, 3.63) is 45.4 Å². The maximum Gasteiger partial charge on any atom is 0.337 e. The lowest BCUT2D eigenvalue weighted by Crippen LogP contribution is -2.14. The van der Waals surface area contributed by atoms with Gasteiger partial charge in [0.2, 0.25) is 0 Å². The Morgan fingerprint density at radius 3 is 2.65 bits per heavy atom. The summed E-state index contributed by atoms with van der Waals surface area (Å²) in [4.78, 5) is 28.6. The Morgan fingerprint density at radius 1 is 1.30 bits per heavy atom. The molecule has 5 nitrogen and oxygen atoms in total. The average Bonchev–Trinajstić information content (AvgIpc) is 2.77. The molecule has 0 aliphatic heterocycles. The van der Waals surface area contributed by atoms with Crippen molar-refractivity contribution in [3.8, 4) is 0 Å². The van der Waals surface area contributed by atoms with Crippen LogP contribution in [0.2, 0.25) is 0 Å². The molecular weight excluding hydrogens is 276 g/mol. The third kappa shape index (κ3) is 3.03. The SMILES string of the molecule is COC(=O)c1cccc(NC(=O)c2nc(C)sc2C)c1. The van der Waals surface area contributed by atoms with E-state index in [1.165, 1.54) is 18.4 Å². The second-order valence-electron chi connectivity index (χ2n) is 4.16. The molecule has 0 aliphatic carbocycles. The van der Waals surface area contributed by atoms with Gasteiger partial charge in [-0.3, -0.25) is 4.79 Å². The molecule has 6 heteroatoms. The normalized spacial score (nSPS) is 10.2. The standard InChI is InChI=1S/C14H14N2O3S/c1-8-12(15-9(2)20-8)13(17)16-11-6-4-5-10(7-11)14(18)19-3/h4-7H,1-3H3,(H,16,17). The summed E-state index contributed by atoms with van der Waals surface area (Å²) in [6, 6.07) is 6.58. The minimum Gasteiger partial charge on any atom is -0.465 e. The zero-order valence-corrected chi connectivity index (χ0v) is 12.2. The number of ether oxygens (including phenoxy) is 1. The molecule has 0 radical (unpaired) electrons. The van der Waals surface area contributed by atoms with E-state index >= 15 is 0 Å². The summed E-state index contributed by atoms with van der Waals surface area (Å²) in [5.74, 6) is -0.726. The fourth-order valence-electron chi connectivity index (χ4n) is 1.77. The van der Waals surface area contributed by atoms with Gasteiger partial charge in [-0.1, -0.05) is 6.07 Å². The first-order valence-corrected chi connectivity index (χ1v) is 6.76. The third-order valence-corrected chi connectivity index (χ3v) is 3.55. The molecule has 0 spiro atoms. The van der Waals surface area contributed by atoms with Gasteiger partial charge in [0.25, 0.3) is 5.91 Å². The lowest BCUT2D eigenvalue weighted by Gasteiger charge is -2.05. The molecule has 1 amide bonds. The number of rotatable bonds is 3. The van der Waals surface area contributed by atoms with E-state index in [9.17, 15) is 9.59 Å². The second kappa shape index (κ2) is 5.83. The first-order valence-electron chi connectivity index (χ1n) is 5.95. The fraction of sp³-hybridized carbons (Fsp3) is 0.214. The quantitative estimate of drug-likeness (QED) is 0.883. The van der Waals surface area contributed by atoms with Crippen molar-refractivity contribution < 1.29 is 14.3 Å². The van der Waals surface area contributed by atoms with Crippen LogP contribution in [0.25, 0.3) is 0 Å². The van der Waals surface area contributed by atoms with E-state index in [0.29, 0.717) is 16.9 Å². The molecule has 1 aromatic carbocycles. The van der Waals surface area contributed by atoms with Crippen molar-refractivity contribution in [3.63, 3.8) is 0 Å². The van der Waals surface area contributed by atoms with Crippen molar-refractivity contribution >= 4 is 28.9 Å². The molecule has 2 aromatic rings. The molecule has 104 valence electrons. The summed E-state index contributed by atoms with van der Waals surface area (Å²) in [5.41, 5.74) is 1.33. The number of hydrogen-bond donors (Lipinski definition) is 1. The van der Waals surface area contributed by atoms with E-state index in [1.807, 2.05) is 13.8 Å². The Morgan fingerprint density at radius 2 is 2.05 bits per heavy atom. The molecule has 0 unspecified atom stereocenters. The molecular formula is C14H14N2O3S. The van der Waals surface area contributed by atoms with Gasteiger partial charge in [0.05, 0.1) is 17.7 Å². The van der Waals surface area contributed by atoms with Crippen molar-refractivity contribution in [1.82, 2.24) is 4.98 Å². The van der Waals surface area contributed by atoms with Crippen molar-refractivity contribution in [1.29, 1.82) is 0 Å². The summed E-state index contributed by atoms with van der Waals surface area (Å²) < 4.78 is 4.64. The summed E-state index contributed by atoms with van der Waals surface area (Å²) in [7, 11) is 1.31. The lowest BCUT2D eigenvalue weighted by molar-refractivity contribution is 0.0600. The summed E-state index contributed by atoms with van der Waals surface area (Å²) in [6.45, 7) is 3.71. The smallest absolute Gasteiger partial charge is 0.337 e. The number of aromatic nitrogens is 1. The Kier molecular flexibility index (Phi) is 4.14. The van der Waals surface area contributed by atoms with E-state index in [4.69, 9.17) is 0 Å². The molecule has 0 bridgehead atoms. The largest absolute Gasteiger partial charge is 0.465 e. The fourth-order valence-corrected chi connectivity index (χ4v) is 2.59. The third-order valence-electron chi connectivity index (χ3n) is 2.66. The van der Waals surface area contributed by atoms with Crippen LogP contribution in [0, 0.1) is 13.8 Å². The Hall–Kier alpha value is -2.21. The number of anilines is 1. The predicted molar refractivity (Wildman–Crippen MR) is 77.3 cm³/mol. The van der Waals surface area contributed by atoms with Crippen LogP contribution in [0.1, 0.15) is 30.7 Å². The number of carbonyl (C=O) groups is 2. The van der Waals surface area contributed by atoms with Gasteiger partial charge in [0.15, 0.2) is 0 Å². The predicted octanol–water partition coefficient (Wildman–Crippen LogP) is 2.80. The number of benzene rings is 1. The molecule has 0 aliphatic rings. The minimum atomic E-state index is -0.443. The lowest BCUT2D eigenvalue weighted by atomic mass is 10.2. The summed E-state index contributed by atoms with van der Waals surface area (Å²) in [5, 5.41) is 3.57. The highest BCUT2D eigenvalue weighted by Gasteiger charge is 2.14. The number of amides is 1. The minimum absolute atomic E-state index is 0.283. The molecule has 1 aromatic heterocycles. The summed E-state index contributed by atoms with van der Waals surface area (Å²) >= 11 is 1.47. The van der Waals surface area contributed by atoms with Crippen LogP contribution in [0.4, 0.5) is 5.69 Å². The maximum atomic E-state index is 12.1. The van der Waals surface area contributed by atoms with Crippen LogP contribution in [0.3, 0.4) is 0 Å². The van der Waals surface area contributed by atoms with Crippen LogP contribution in [0.15, 0.2) is 24.3 Å². The highest BCUT2D eigenvalue weighted by Crippen LogP contribution is 2.18. The molecule has 0 saturated carbocycles. The molecule has 20 heavy (non-hydrogen) atoms. The van der Waals surface area contributed by atoms with Crippen molar-refractivity contribution in [2.75, 3.05) is 12.4 Å². The molecule has 0 fully saturated rings. The van der Waals surface area contributed by atoms with Crippen LogP contribution in [-0.2, 0) is 4.74 Å². The van der Waals surface area contributed by atoms with Gasteiger partial charge in [-0.25, -0.2) is 9.78 Å². The average molecular weight is 290 g/mol. The Labute approximate surface area is 120 Å². The van der Waals surface area contributed by atoms with E-state index in [2.05, 4.69) is 15.0 Å². The first kappa shape index (κ1) is 14.2. The van der Waals surface area contributed by atoms with Crippen LogP contribution < -0.4 is 5.32 Å². The number of nitrogens with one attached hydrogen (secondary N) is 1. The number of aryl methyl sites for hydroxylation is 2. The van der Waals surface area contributed by atoms with Gasteiger partial charge in [-0.2, -0.15) is 0 Å². The van der Waals surface area contributed by atoms with Gasteiger partial charge < -0.3 is 10.1 Å². The molecule has 1 heterocycles. The highest BCUT2D eigenvalue weighted by molar-refractivity contribution is 7.11. The highest BCUT2D eigenvalue weighted by atomic mass is 32.1. The Bertz CT molecular complexity index is 664. The van der Waals surface area contributed by atoms with Gasteiger partial charge in [-0.15, -0.1) is 11.3 Å². The van der Waals surface area contributed by atoms with Gasteiger partial charge in [0.1, 0.15) is 5.69 Å². The monoisotopic (exact) mass is 290 g/mol. The number of hydrogen-bond acceptors (Lipinski definition) is 5. The first-order chi connectivity index (χ1) is 9.51. The second-order valence-corrected chi connectivity index (χ2v) is 5.57. The number of thiazole rings is 1. The van der Waals surface area contributed by atoms with E-state index < -0.39 is 5.97 Å². The molecule has 2 rings (SSSR count). The number of carbonyl (C=O) groups excluding carboxylic acids is 2. The molecule has 0 saturated heterocycles. The molecule has 0 atom stereocenters. The van der Waals surface area contributed by atoms with Gasteiger partial charge >= 0.3 is 5.97 Å². The van der Waals surface area contributed by atoms with E-state index in [0.717, 1.165) is 9.88 Å². The number of nitrogens with zero attached hydrogens (tertiary/aromatic N) is 1. The topological polar surface area (TPSA) is 68.3 Å². The zero-order valence-electron chi connectivity index (χ0n) is 11.4. The van der Waals surface area contributed by atoms with Gasteiger partial charge in [0, 0.05) is 10.6 Å². The van der Waals surface area contributed by atoms with Crippen molar-refractivity contribution in [2.24, 2.45) is 0 Å².